The first-order valence-corrected chi connectivity index (χ1v) is 10.3. The number of rotatable bonds is 8. The topological polar surface area (TPSA) is 69.2 Å². The molecule has 158 valence electrons. The highest BCUT2D eigenvalue weighted by molar-refractivity contribution is 5.94. The molecule has 0 fully saturated rings. The summed E-state index contributed by atoms with van der Waals surface area (Å²) in [5.74, 6) is 2.28. The molecule has 2 heterocycles. The second kappa shape index (κ2) is 9.53. The number of ether oxygens (including phenoxy) is 2. The summed E-state index contributed by atoms with van der Waals surface area (Å²) < 4.78 is 11.2. The lowest BCUT2D eigenvalue weighted by molar-refractivity contribution is 0.0956. The van der Waals surface area contributed by atoms with E-state index >= 15 is 0 Å². The molecule has 0 radical (unpaired) electrons. The number of fused-ring (bicyclic) bond motifs is 1. The normalized spacial score (nSPS) is 12.0. The highest BCUT2D eigenvalue weighted by Gasteiger charge is 2.11. The Bertz CT molecular complexity index is 1160. The third-order valence-electron chi connectivity index (χ3n) is 5.22. The minimum Gasteiger partial charge on any atom is -0.493 e. The zero-order valence-electron chi connectivity index (χ0n) is 18.0. The van der Waals surface area contributed by atoms with Crippen LogP contribution in [0.3, 0.4) is 0 Å². The minimum atomic E-state index is 0.181. The molecular formula is C25H26N4O2. The van der Waals surface area contributed by atoms with Crippen LogP contribution in [-0.4, -0.2) is 41.8 Å². The predicted molar refractivity (Wildman–Crippen MR) is 124 cm³/mol. The molecule has 1 N–H and O–H groups in total. The first kappa shape index (κ1) is 20.8. The Kier molecular flexibility index (Phi) is 6.38. The van der Waals surface area contributed by atoms with Crippen LogP contribution in [0.25, 0.3) is 33.4 Å². The number of hydrogen-bond donors (Lipinski definition) is 1. The molecule has 2 aromatic carbocycles. The van der Waals surface area contributed by atoms with Crippen molar-refractivity contribution in [1.82, 2.24) is 15.0 Å². The van der Waals surface area contributed by atoms with Crippen molar-refractivity contribution >= 4 is 16.7 Å². The van der Waals surface area contributed by atoms with Gasteiger partial charge >= 0.3 is 0 Å². The van der Waals surface area contributed by atoms with Gasteiger partial charge in [-0.15, -0.1) is 0 Å². The molecule has 0 spiro atoms. The van der Waals surface area contributed by atoms with Crippen molar-refractivity contribution in [1.29, 1.82) is 0 Å². The largest absolute Gasteiger partial charge is 0.493 e. The summed E-state index contributed by atoms with van der Waals surface area (Å²) in [5.41, 5.74) is 3.93. The van der Waals surface area contributed by atoms with Gasteiger partial charge in [0.05, 0.1) is 18.2 Å². The monoisotopic (exact) mass is 414 g/mol. The van der Waals surface area contributed by atoms with Gasteiger partial charge < -0.3 is 14.8 Å². The van der Waals surface area contributed by atoms with E-state index in [1.165, 1.54) is 0 Å². The molecule has 0 aliphatic rings. The molecule has 31 heavy (non-hydrogen) atoms. The molecule has 4 aromatic rings. The molecule has 0 saturated carbocycles. The standard InChI is InChI=1S/C25H26N4O2/c1-17(30-3)11-13-31-21-8-4-6-18(14-21)19-9-10-23-22(15-19)25(26-2)29-24(28-23)20-7-5-12-27-16-20/h4-10,12,14-17H,11,13H2,1-3H3,(H,26,28,29). The van der Waals surface area contributed by atoms with Crippen molar-refractivity contribution in [2.45, 2.75) is 19.4 Å². The van der Waals surface area contributed by atoms with Gasteiger partial charge in [-0.1, -0.05) is 18.2 Å². The van der Waals surface area contributed by atoms with Gasteiger partial charge in [0.1, 0.15) is 11.6 Å². The van der Waals surface area contributed by atoms with Gasteiger partial charge in [-0.25, -0.2) is 9.97 Å². The molecule has 2 aromatic heterocycles. The van der Waals surface area contributed by atoms with Crippen LogP contribution in [0.15, 0.2) is 67.0 Å². The van der Waals surface area contributed by atoms with Crippen LogP contribution >= 0.6 is 0 Å². The second-order valence-corrected chi connectivity index (χ2v) is 7.33. The van der Waals surface area contributed by atoms with Crippen LogP contribution in [0.2, 0.25) is 0 Å². The third kappa shape index (κ3) is 4.81. The lowest BCUT2D eigenvalue weighted by atomic mass is 10.0. The van der Waals surface area contributed by atoms with Crippen LogP contribution < -0.4 is 10.1 Å². The summed E-state index contributed by atoms with van der Waals surface area (Å²) in [6.07, 6.45) is 4.54. The molecule has 0 amide bonds. The fourth-order valence-electron chi connectivity index (χ4n) is 3.35. The van der Waals surface area contributed by atoms with Crippen LogP contribution in [0.4, 0.5) is 5.82 Å². The van der Waals surface area contributed by atoms with E-state index in [0.29, 0.717) is 12.4 Å². The first-order chi connectivity index (χ1) is 15.2. The number of anilines is 1. The summed E-state index contributed by atoms with van der Waals surface area (Å²) in [6.45, 7) is 2.65. The third-order valence-corrected chi connectivity index (χ3v) is 5.22. The van der Waals surface area contributed by atoms with Gasteiger partial charge in [-0.3, -0.25) is 4.98 Å². The van der Waals surface area contributed by atoms with Gasteiger partial charge in [0.25, 0.3) is 0 Å². The van der Waals surface area contributed by atoms with Crippen LogP contribution in [0.5, 0.6) is 5.75 Å². The molecule has 0 saturated heterocycles. The summed E-state index contributed by atoms with van der Waals surface area (Å²) in [4.78, 5) is 13.6. The SMILES string of the molecule is CNc1nc(-c2cccnc2)nc2ccc(-c3cccc(OCCC(C)OC)c3)cc12. The molecular weight excluding hydrogens is 388 g/mol. The van der Waals surface area contributed by atoms with E-state index in [1.54, 1.807) is 19.5 Å². The van der Waals surface area contributed by atoms with E-state index < -0.39 is 0 Å². The molecule has 6 nitrogen and oxygen atoms in total. The van der Waals surface area contributed by atoms with Crippen LogP contribution in [0.1, 0.15) is 13.3 Å². The van der Waals surface area contributed by atoms with Gasteiger partial charge in [-0.05, 0) is 54.4 Å². The smallest absolute Gasteiger partial charge is 0.163 e. The maximum Gasteiger partial charge on any atom is 0.163 e. The van der Waals surface area contributed by atoms with Crippen LogP contribution in [0, 0.1) is 0 Å². The Morgan fingerprint density at radius 1 is 0.968 bits per heavy atom. The number of methoxy groups -OCH3 is 1. The minimum absolute atomic E-state index is 0.181. The molecule has 0 bridgehead atoms. The van der Waals surface area contributed by atoms with Crippen molar-refractivity contribution in [3.63, 3.8) is 0 Å². The summed E-state index contributed by atoms with van der Waals surface area (Å²) in [5, 5.41) is 4.17. The molecule has 1 unspecified atom stereocenters. The number of pyridine rings is 1. The Balaban J connectivity index is 1.64. The molecule has 0 aliphatic heterocycles. The molecule has 6 heteroatoms. The average Bonchev–Trinajstić information content (AvgIpc) is 2.83. The van der Waals surface area contributed by atoms with Crippen molar-refractivity contribution in [3.8, 4) is 28.3 Å². The fraction of sp³-hybridized carbons (Fsp3) is 0.240. The van der Waals surface area contributed by atoms with E-state index in [4.69, 9.17) is 19.4 Å². The summed E-state index contributed by atoms with van der Waals surface area (Å²) in [7, 11) is 3.59. The average molecular weight is 415 g/mol. The Labute approximate surface area is 182 Å². The first-order valence-electron chi connectivity index (χ1n) is 10.3. The van der Waals surface area contributed by atoms with E-state index in [1.807, 2.05) is 44.3 Å². The maximum atomic E-state index is 5.91. The van der Waals surface area contributed by atoms with E-state index in [2.05, 4.69) is 34.6 Å². The number of benzene rings is 2. The molecule has 4 rings (SSSR count). The predicted octanol–water partition coefficient (Wildman–Crippen LogP) is 5.20. The van der Waals surface area contributed by atoms with Crippen molar-refractivity contribution in [2.24, 2.45) is 0 Å². The zero-order valence-corrected chi connectivity index (χ0v) is 18.0. The number of aromatic nitrogens is 3. The van der Waals surface area contributed by atoms with Gasteiger partial charge in [0.15, 0.2) is 5.82 Å². The van der Waals surface area contributed by atoms with E-state index in [-0.39, 0.29) is 6.10 Å². The number of nitrogens with zero attached hydrogens (tertiary/aromatic N) is 3. The second-order valence-electron chi connectivity index (χ2n) is 7.33. The Hall–Kier alpha value is -3.51. The fourth-order valence-corrected chi connectivity index (χ4v) is 3.35. The summed E-state index contributed by atoms with van der Waals surface area (Å²) >= 11 is 0. The van der Waals surface area contributed by atoms with Crippen molar-refractivity contribution in [3.05, 3.63) is 67.0 Å². The molecule has 1 atom stereocenters. The Morgan fingerprint density at radius 3 is 2.58 bits per heavy atom. The van der Waals surface area contributed by atoms with E-state index in [0.717, 1.165) is 45.6 Å². The lowest BCUT2D eigenvalue weighted by Gasteiger charge is -2.12. The zero-order chi connectivity index (χ0) is 21.6. The number of nitrogens with one attached hydrogen (secondary N) is 1. The maximum absolute atomic E-state index is 5.91. The quantitative estimate of drug-likeness (QED) is 0.427. The van der Waals surface area contributed by atoms with E-state index in [9.17, 15) is 0 Å². The van der Waals surface area contributed by atoms with Gasteiger partial charge in [0.2, 0.25) is 0 Å². The van der Waals surface area contributed by atoms with Crippen LogP contribution in [-0.2, 0) is 4.74 Å². The van der Waals surface area contributed by atoms with Gasteiger partial charge in [-0.2, -0.15) is 0 Å². The summed E-state index contributed by atoms with van der Waals surface area (Å²) in [6, 6.07) is 18.2. The Morgan fingerprint density at radius 2 is 1.81 bits per heavy atom. The van der Waals surface area contributed by atoms with Crippen molar-refractivity contribution < 1.29 is 9.47 Å². The van der Waals surface area contributed by atoms with Crippen molar-refractivity contribution in [2.75, 3.05) is 26.1 Å². The lowest BCUT2D eigenvalue weighted by Crippen LogP contribution is -2.10. The molecule has 0 aliphatic carbocycles. The van der Waals surface area contributed by atoms with Gasteiger partial charge in [0, 0.05) is 43.9 Å². The highest BCUT2D eigenvalue weighted by Crippen LogP contribution is 2.30. The highest BCUT2D eigenvalue weighted by atomic mass is 16.5. The number of hydrogen-bond acceptors (Lipinski definition) is 6.